The van der Waals surface area contributed by atoms with Gasteiger partial charge in [0.2, 0.25) is 0 Å². The van der Waals surface area contributed by atoms with Crippen molar-refractivity contribution in [2.75, 3.05) is 0 Å². The lowest BCUT2D eigenvalue weighted by atomic mass is 10.1. The van der Waals surface area contributed by atoms with Crippen LogP contribution < -0.4 is 5.73 Å². The Morgan fingerprint density at radius 2 is 2.14 bits per heavy atom. The minimum absolute atomic E-state index is 0.00569. The SMILES string of the molecule is N[C@H](c1ccsc1)c1cc(Br)c(Br)s1. The largest absolute Gasteiger partial charge is 0.320 e. The molecular weight excluding hydrogens is 346 g/mol. The molecule has 2 heterocycles. The van der Waals surface area contributed by atoms with Crippen molar-refractivity contribution in [1.29, 1.82) is 0 Å². The second kappa shape index (κ2) is 4.45. The Kier molecular flexibility index (Phi) is 3.44. The number of thiophene rings is 2. The van der Waals surface area contributed by atoms with Crippen LogP contribution in [0.2, 0.25) is 0 Å². The second-order valence-electron chi connectivity index (χ2n) is 2.80. The summed E-state index contributed by atoms with van der Waals surface area (Å²) in [4.78, 5) is 1.17. The van der Waals surface area contributed by atoms with Crippen molar-refractivity contribution in [1.82, 2.24) is 0 Å². The number of nitrogens with two attached hydrogens (primary N) is 1. The molecule has 0 bridgehead atoms. The van der Waals surface area contributed by atoms with Crippen molar-refractivity contribution < 1.29 is 0 Å². The normalized spacial score (nSPS) is 13.1. The summed E-state index contributed by atoms with van der Waals surface area (Å²) in [6.07, 6.45) is 0. The van der Waals surface area contributed by atoms with Gasteiger partial charge in [-0.15, -0.1) is 11.3 Å². The number of hydrogen-bond acceptors (Lipinski definition) is 3. The Hall–Kier alpha value is 0.320. The zero-order valence-corrected chi connectivity index (χ0v) is 11.8. The highest BCUT2D eigenvalue weighted by atomic mass is 79.9. The summed E-state index contributed by atoms with van der Waals surface area (Å²) in [5.41, 5.74) is 7.30. The van der Waals surface area contributed by atoms with Crippen LogP contribution in [0.15, 0.2) is 31.2 Å². The molecule has 2 aromatic heterocycles. The van der Waals surface area contributed by atoms with E-state index in [1.54, 1.807) is 22.7 Å². The minimum atomic E-state index is -0.00569. The van der Waals surface area contributed by atoms with Gasteiger partial charge < -0.3 is 5.73 Å². The summed E-state index contributed by atoms with van der Waals surface area (Å²) in [6.45, 7) is 0. The van der Waals surface area contributed by atoms with Gasteiger partial charge in [0.05, 0.1) is 9.83 Å². The van der Waals surface area contributed by atoms with Crippen LogP contribution in [0, 0.1) is 0 Å². The van der Waals surface area contributed by atoms with Gasteiger partial charge in [-0.2, -0.15) is 11.3 Å². The molecule has 5 heteroatoms. The molecule has 0 aromatic carbocycles. The van der Waals surface area contributed by atoms with Crippen LogP contribution in [0.4, 0.5) is 0 Å². The molecule has 0 aliphatic carbocycles. The van der Waals surface area contributed by atoms with Gasteiger partial charge in [0, 0.05) is 9.35 Å². The van der Waals surface area contributed by atoms with Gasteiger partial charge in [0.25, 0.3) is 0 Å². The first-order valence-electron chi connectivity index (χ1n) is 3.91. The van der Waals surface area contributed by atoms with Gasteiger partial charge in [-0.05, 0) is 60.3 Å². The van der Waals surface area contributed by atoms with Gasteiger partial charge in [-0.3, -0.25) is 0 Å². The molecule has 2 aromatic rings. The fourth-order valence-corrected chi connectivity index (χ4v) is 3.95. The fourth-order valence-electron chi connectivity index (χ4n) is 1.13. The summed E-state index contributed by atoms with van der Waals surface area (Å²) < 4.78 is 2.17. The molecular formula is C9H7Br2NS2. The molecule has 0 aliphatic rings. The van der Waals surface area contributed by atoms with Crippen molar-refractivity contribution in [2.24, 2.45) is 5.73 Å². The Morgan fingerprint density at radius 1 is 1.36 bits per heavy atom. The van der Waals surface area contributed by atoms with Gasteiger partial charge in [-0.25, -0.2) is 0 Å². The molecule has 0 radical (unpaired) electrons. The number of rotatable bonds is 2. The molecule has 74 valence electrons. The van der Waals surface area contributed by atoms with E-state index in [0.717, 1.165) is 8.26 Å². The zero-order chi connectivity index (χ0) is 10.1. The van der Waals surface area contributed by atoms with Crippen LogP contribution >= 0.6 is 54.5 Å². The maximum atomic E-state index is 6.12. The maximum Gasteiger partial charge on any atom is 0.0843 e. The van der Waals surface area contributed by atoms with Crippen molar-refractivity contribution in [3.63, 3.8) is 0 Å². The smallest absolute Gasteiger partial charge is 0.0843 e. The predicted molar refractivity (Wildman–Crippen MR) is 70.1 cm³/mol. The molecule has 0 aliphatic heterocycles. The lowest BCUT2D eigenvalue weighted by Gasteiger charge is -2.05. The summed E-state index contributed by atoms with van der Waals surface area (Å²) in [6, 6.07) is 4.13. The molecule has 2 rings (SSSR count). The molecule has 0 saturated heterocycles. The maximum absolute atomic E-state index is 6.12. The molecule has 1 nitrogen and oxygen atoms in total. The van der Waals surface area contributed by atoms with Crippen LogP contribution in [-0.4, -0.2) is 0 Å². The lowest BCUT2D eigenvalue weighted by Crippen LogP contribution is -2.08. The molecule has 1 atom stereocenters. The Morgan fingerprint density at radius 3 is 2.64 bits per heavy atom. The summed E-state index contributed by atoms with van der Waals surface area (Å²) in [7, 11) is 0. The molecule has 0 unspecified atom stereocenters. The average Bonchev–Trinajstić information content (AvgIpc) is 2.76. The minimum Gasteiger partial charge on any atom is -0.320 e. The molecule has 0 saturated carbocycles. The van der Waals surface area contributed by atoms with Crippen molar-refractivity contribution in [2.45, 2.75) is 6.04 Å². The van der Waals surface area contributed by atoms with E-state index in [0.29, 0.717) is 0 Å². The third-order valence-corrected chi connectivity index (χ3v) is 5.91. The second-order valence-corrected chi connectivity index (χ2v) is 6.84. The third-order valence-electron chi connectivity index (χ3n) is 1.87. The molecule has 0 spiro atoms. The fraction of sp³-hybridized carbons (Fsp3) is 0.111. The van der Waals surface area contributed by atoms with Crippen molar-refractivity contribution in [3.8, 4) is 0 Å². The van der Waals surface area contributed by atoms with E-state index in [1.807, 2.05) is 5.38 Å². The van der Waals surface area contributed by atoms with Crippen LogP contribution in [-0.2, 0) is 0 Å². The van der Waals surface area contributed by atoms with Crippen molar-refractivity contribution >= 4 is 54.5 Å². The Bertz CT molecular complexity index is 402. The lowest BCUT2D eigenvalue weighted by molar-refractivity contribution is 0.899. The van der Waals surface area contributed by atoms with Crippen LogP contribution in [0.3, 0.4) is 0 Å². The summed E-state index contributed by atoms with van der Waals surface area (Å²) in [5.74, 6) is 0. The first-order chi connectivity index (χ1) is 6.68. The van der Waals surface area contributed by atoms with Gasteiger partial charge in [0.15, 0.2) is 0 Å². The van der Waals surface area contributed by atoms with E-state index in [9.17, 15) is 0 Å². The summed E-state index contributed by atoms with van der Waals surface area (Å²) >= 11 is 10.3. The predicted octanol–water partition coefficient (Wildman–Crippen LogP) is 4.38. The van der Waals surface area contributed by atoms with E-state index >= 15 is 0 Å². The molecule has 2 N–H and O–H groups in total. The van der Waals surface area contributed by atoms with E-state index in [-0.39, 0.29) is 6.04 Å². The zero-order valence-electron chi connectivity index (χ0n) is 7.04. The monoisotopic (exact) mass is 351 g/mol. The molecule has 0 fully saturated rings. The highest BCUT2D eigenvalue weighted by Gasteiger charge is 2.13. The number of hydrogen-bond donors (Lipinski definition) is 1. The highest BCUT2D eigenvalue weighted by molar-refractivity contribution is 9.13. The number of halogens is 2. The first kappa shape index (κ1) is 10.8. The van der Waals surface area contributed by atoms with Gasteiger partial charge in [-0.1, -0.05) is 0 Å². The van der Waals surface area contributed by atoms with E-state index in [2.05, 4.69) is 49.4 Å². The average molecular weight is 353 g/mol. The Balaban J connectivity index is 2.32. The first-order valence-corrected chi connectivity index (χ1v) is 7.25. The highest BCUT2D eigenvalue weighted by Crippen LogP contribution is 2.36. The standard InChI is InChI=1S/C9H7Br2NS2/c10-6-3-7(14-9(6)11)8(12)5-1-2-13-4-5/h1-4,8H,12H2/t8-/m1/s1. The van der Waals surface area contributed by atoms with Crippen LogP contribution in [0.25, 0.3) is 0 Å². The van der Waals surface area contributed by atoms with E-state index in [4.69, 9.17) is 5.73 Å². The quantitative estimate of drug-likeness (QED) is 0.852. The topological polar surface area (TPSA) is 26.0 Å². The Labute approximate surface area is 107 Å². The van der Waals surface area contributed by atoms with Crippen molar-refractivity contribution in [3.05, 3.63) is 41.6 Å². The van der Waals surface area contributed by atoms with Gasteiger partial charge in [0.1, 0.15) is 0 Å². The molecule has 14 heavy (non-hydrogen) atoms. The van der Waals surface area contributed by atoms with Gasteiger partial charge >= 0.3 is 0 Å². The summed E-state index contributed by atoms with van der Waals surface area (Å²) in [5, 5.41) is 4.14. The van der Waals surface area contributed by atoms with E-state index < -0.39 is 0 Å². The van der Waals surface area contributed by atoms with E-state index in [1.165, 1.54) is 10.4 Å². The van der Waals surface area contributed by atoms with Crippen LogP contribution in [0.1, 0.15) is 16.5 Å². The van der Waals surface area contributed by atoms with Crippen LogP contribution in [0.5, 0.6) is 0 Å². The molecule has 0 amide bonds. The third kappa shape index (κ3) is 2.12.